The van der Waals surface area contributed by atoms with E-state index in [1.54, 1.807) is 11.8 Å². The van der Waals surface area contributed by atoms with Crippen LogP contribution in [-0.2, 0) is 4.79 Å². The lowest BCUT2D eigenvalue weighted by Gasteiger charge is -2.58. The number of rotatable bonds is 5. The van der Waals surface area contributed by atoms with Crippen LogP contribution in [0.1, 0.15) is 85.0 Å². The van der Waals surface area contributed by atoms with Crippen LogP contribution in [-0.4, -0.2) is 58.2 Å². The minimum Gasteiger partial charge on any atom is -0.394 e. The molecular weight excluding hydrogens is 486 g/mol. The molecule has 3 N–H and O–H groups in total. The number of amides is 1. The molecule has 7 nitrogen and oxygen atoms in total. The normalized spacial score (nSPS) is 38.9. The molecule has 7 heteroatoms. The molecule has 1 saturated heterocycles. The van der Waals surface area contributed by atoms with Crippen LogP contribution in [0.3, 0.4) is 0 Å². The van der Waals surface area contributed by atoms with Crippen molar-refractivity contribution < 1.29 is 9.90 Å². The molecule has 1 aromatic heterocycles. The number of fused-ring (bicyclic) bond motifs is 5. The first kappa shape index (κ1) is 27.0. The van der Waals surface area contributed by atoms with E-state index in [0.29, 0.717) is 34.8 Å². The first-order valence-electron chi connectivity index (χ1n) is 15.7. The Morgan fingerprint density at radius 3 is 2.69 bits per heavy atom. The number of allylic oxidation sites excluding steroid dienone is 1. The zero-order chi connectivity index (χ0) is 27.4. The number of aromatic nitrogens is 2. The van der Waals surface area contributed by atoms with Crippen LogP contribution >= 0.6 is 0 Å². The van der Waals surface area contributed by atoms with Crippen LogP contribution in [0.15, 0.2) is 24.2 Å². The van der Waals surface area contributed by atoms with Crippen molar-refractivity contribution in [1.29, 1.82) is 0 Å². The molecular formula is C32H49N5O2. The maximum Gasteiger partial charge on any atom is 0.222 e. The van der Waals surface area contributed by atoms with Gasteiger partial charge in [-0.3, -0.25) is 4.79 Å². The minimum atomic E-state index is -0.129. The van der Waals surface area contributed by atoms with Gasteiger partial charge in [-0.1, -0.05) is 32.4 Å². The van der Waals surface area contributed by atoms with Gasteiger partial charge in [-0.15, -0.1) is 0 Å². The van der Waals surface area contributed by atoms with E-state index >= 15 is 0 Å². The lowest BCUT2D eigenvalue weighted by Crippen LogP contribution is -2.51. The van der Waals surface area contributed by atoms with Gasteiger partial charge in [0, 0.05) is 32.6 Å². The Labute approximate surface area is 234 Å². The Hall–Kier alpha value is -2.15. The van der Waals surface area contributed by atoms with Gasteiger partial charge in [0.1, 0.15) is 6.33 Å². The molecule has 5 aliphatic rings. The molecule has 0 spiro atoms. The quantitative estimate of drug-likeness (QED) is 0.512. The van der Waals surface area contributed by atoms with Crippen molar-refractivity contribution in [2.45, 2.75) is 91.1 Å². The highest BCUT2D eigenvalue weighted by Crippen LogP contribution is 2.67. The van der Waals surface area contributed by atoms with Crippen molar-refractivity contribution in [3.8, 4) is 0 Å². The number of anilines is 2. The highest BCUT2D eigenvalue weighted by molar-refractivity contribution is 5.76. The van der Waals surface area contributed by atoms with E-state index in [1.165, 1.54) is 38.4 Å². The van der Waals surface area contributed by atoms with Crippen molar-refractivity contribution in [2.24, 2.45) is 40.4 Å². The fourth-order valence-electron chi connectivity index (χ4n) is 10.1. The first-order valence-corrected chi connectivity index (χ1v) is 15.7. The number of hydrogen-bond acceptors (Lipinski definition) is 6. The Morgan fingerprint density at radius 1 is 1.13 bits per heavy atom. The number of nitrogen functional groups attached to an aromatic ring is 1. The number of hydrogen-bond donors (Lipinski definition) is 2. The van der Waals surface area contributed by atoms with Crippen LogP contribution in [0.5, 0.6) is 0 Å². The van der Waals surface area contributed by atoms with E-state index < -0.39 is 0 Å². The van der Waals surface area contributed by atoms with E-state index in [-0.39, 0.29) is 6.10 Å². The SMILES string of the molecule is C[C@H](CCC(=O)N1CCN(c2ncncc2N)CC1)[C@H]1CC[C@H]2[C@@H]3CC=C4C[C@@H](O)CC[C@]4(C)[C@H]3CC[C@]12C. The molecule has 6 rings (SSSR count). The molecule has 4 fully saturated rings. The van der Waals surface area contributed by atoms with Gasteiger partial charge >= 0.3 is 0 Å². The van der Waals surface area contributed by atoms with Crippen LogP contribution in [0.4, 0.5) is 11.5 Å². The van der Waals surface area contributed by atoms with Gasteiger partial charge in [-0.05, 0) is 98.2 Å². The van der Waals surface area contributed by atoms with Gasteiger partial charge in [0.15, 0.2) is 5.82 Å². The largest absolute Gasteiger partial charge is 0.394 e. The standard InChI is InChI=1S/C32H49N5O2/c1-21(4-9-29(39)36-14-16-37(17-15-36)30-28(33)19-34-20-35-30)25-7-8-26-24-6-5-22-18-23(38)10-12-31(22,2)27(24)11-13-32(25,26)3/h5,19-21,23-27,38H,4,6-18,33H2,1-3H3/t21-,23+,24+,25-,26+,27+,31+,32-/m1/s1. The van der Waals surface area contributed by atoms with Crippen molar-refractivity contribution in [3.05, 3.63) is 24.2 Å². The third-order valence-electron chi connectivity index (χ3n) is 12.3. The zero-order valence-corrected chi connectivity index (χ0v) is 24.3. The monoisotopic (exact) mass is 535 g/mol. The Balaban J connectivity index is 1.04. The lowest BCUT2D eigenvalue weighted by molar-refractivity contribution is -0.132. The third-order valence-corrected chi connectivity index (χ3v) is 12.3. The smallest absolute Gasteiger partial charge is 0.222 e. The molecule has 0 radical (unpaired) electrons. The fourth-order valence-corrected chi connectivity index (χ4v) is 10.1. The molecule has 39 heavy (non-hydrogen) atoms. The summed E-state index contributed by atoms with van der Waals surface area (Å²) in [4.78, 5) is 25.7. The molecule has 3 saturated carbocycles. The lowest BCUT2D eigenvalue weighted by atomic mass is 9.47. The molecule has 214 valence electrons. The van der Waals surface area contributed by atoms with E-state index in [4.69, 9.17) is 5.73 Å². The first-order chi connectivity index (χ1) is 18.7. The third kappa shape index (κ3) is 4.66. The topological polar surface area (TPSA) is 95.6 Å². The van der Waals surface area contributed by atoms with Gasteiger partial charge in [0.2, 0.25) is 5.91 Å². The van der Waals surface area contributed by atoms with Crippen LogP contribution < -0.4 is 10.6 Å². The molecule has 8 atom stereocenters. The molecule has 1 aliphatic heterocycles. The second-order valence-corrected chi connectivity index (χ2v) is 14.1. The van der Waals surface area contributed by atoms with Gasteiger partial charge in [0.25, 0.3) is 0 Å². The van der Waals surface area contributed by atoms with Gasteiger partial charge in [0.05, 0.1) is 18.0 Å². The van der Waals surface area contributed by atoms with Crippen molar-refractivity contribution in [2.75, 3.05) is 36.8 Å². The van der Waals surface area contributed by atoms with Crippen molar-refractivity contribution in [3.63, 3.8) is 0 Å². The predicted octanol–water partition coefficient (Wildman–Crippen LogP) is 5.06. The summed E-state index contributed by atoms with van der Waals surface area (Å²) in [6.07, 6.45) is 16.9. The summed E-state index contributed by atoms with van der Waals surface area (Å²) in [5.41, 5.74) is 8.94. The molecule has 0 aromatic carbocycles. The molecule has 0 unspecified atom stereocenters. The van der Waals surface area contributed by atoms with Gasteiger partial charge in [-0.25, -0.2) is 9.97 Å². The Bertz CT molecular complexity index is 1100. The molecule has 4 aliphatic carbocycles. The summed E-state index contributed by atoms with van der Waals surface area (Å²) < 4.78 is 0. The average molecular weight is 536 g/mol. The average Bonchev–Trinajstić information content (AvgIpc) is 3.29. The molecule has 1 aromatic rings. The zero-order valence-electron chi connectivity index (χ0n) is 24.3. The van der Waals surface area contributed by atoms with E-state index in [9.17, 15) is 9.90 Å². The Kier molecular flexibility index (Phi) is 7.18. The summed E-state index contributed by atoms with van der Waals surface area (Å²) in [5.74, 6) is 4.78. The summed E-state index contributed by atoms with van der Waals surface area (Å²) >= 11 is 0. The van der Waals surface area contributed by atoms with Gasteiger partial charge in [-0.2, -0.15) is 0 Å². The summed E-state index contributed by atoms with van der Waals surface area (Å²) in [6.45, 7) is 10.5. The van der Waals surface area contributed by atoms with Crippen LogP contribution in [0.2, 0.25) is 0 Å². The maximum absolute atomic E-state index is 13.2. The number of aliphatic hydroxyl groups is 1. The van der Waals surface area contributed by atoms with Crippen molar-refractivity contribution >= 4 is 17.4 Å². The maximum atomic E-state index is 13.2. The summed E-state index contributed by atoms with van der Waals surface area (Å²) in [5, 5.41) is 10.3. The van der Waals surface area contributed by atoms with Gasteiger partial charge < -0.3 is 20.6 Å². The Morgan fingerprint density at radius 2 is 1.92 bits per heavy atom. The highest BCUT2D eigenvalue weighted by atomic mass is 16.3. The molecule has 1 amide bonds. The fraction of sp³-hybridized carbons (Fsp3) is 0.781. The number of aliphatic hydroxyl groups excluding tert-OH is 1. The van der Waals surface area contributed by atoms with Crippen LogP contribution in [0, 0.1) is 40.4 Å². The molecule has 2 heterocycles. The van der Waals surface area contributed by atoms with E-state index in [2.05, 4.69) is 41.7 Å². The van der Waals surface area contributed by atoms with E-state index in [1.807, 2.05) is 4.90 Å². The highest BCUT2D eigenvalue weighted by Gasteiger charge is 2.59. The number of nitrogens with two attached hydrogens (primary N) is 1. The number of carbonyl (C=O) groups excluding carboxylic acids is 1. The van der Waals surface area contributed by atoms with Crippen LogP contribution in [0.25, 0.3) is 0 Å². The van der Waals surface area contributed by atoms with Crippen molar-refractivity contribution in [1.82, 2.24) is 14.9 Å². The predicted molar refractivity (Wildman–Crippen MR) is 155 cm³/mol. The summed E-state index contributed by atoms with van der Waals surface area (Å²) in [6, 6.07) is 0. The molecule has 0 bridgehead atoms. The number of piperazine rings is 1. The minimum absolute atomic E-state index is 0.129. The summed E-state index contributed by atoms with van der Waals surface area (Å²) in [7, 11) is 0. The second kappa shape index (κ2) is 10.4. The number of nitrogens with zero attached hydrogens (tertiary/aromatic N) is 4. The number of carbonyl (C=O) groups is 1. The second-order valence-electron chi connectivity index (χ2n) is 14.1. The van der Waals surface area contributed by atoms with E-state index in [0.717, 1.165) is 81.4 Å².